The molecule has 4 rings (SSSR count). The molecule has 0 saturated carbocycles. The van der Waals surface area contributed by atoms with Crippen molar-refractivity contribution in [1.29, 1.82) is 0 Å². The van der Waals surface area contributed by atoms with Crippen molar-refractivity contribution in [3.63, 3.8) is 0 Å². The molecule has 0 radical (unpaired) electrons. The minimum Gasteiger partial charge on any atom is -0.382 e. The number of rotatable bonds is 5. The second kappa shape index (κ2) is 10.8. The van der Waals surface area contributed by atoms with Gasteiger partial charge in [-0.2, -0.15) is 0 Å². The van der Waals surface area contributed by atoms with E-state index in [1.54, 1.807) is 23.7 Å². The van der Waals surface area contributed by atoms with Crippen LogP contribution in [0.3, 0.4) is 0 Å². The molecule has 0 bridgehead atoms. The number of nitrogens with zero attached hydrogens (tertiary/aromatic N) is 3. The minimum absolute atomic E-state index is 0.00394. The fourth-order valence-electron chi connectivity index (χ4n) is 3.60. The molecule has 2 unspecified atom stereocenters. The van der Waals surface area contributed by atoms with Gasteiger partial charge in [0, 0.05) is 18.2 Å². The predicted molar refractivity (Wildman–Crippen MR) is 132 cm³/mol. The Morgan fingerprint density at radius 1 is 1.12 bits per heavy atom. The van der Waals surface area contributed by atoms with Gasteiger partial charge in [-0.05, 0) is 43.6 Å². The molecule has 0 aliphatic carbocycles. The Morgan fingerprint density at radius 2 is 1.82 bits per heavy atom. The van der Waals surface area contributed by atoms with Crippen molar-refractivity contribution >= 4 is 44.8 Å². The maximum Gasteiger partial charge on any atom is 0.200 e. The number of benzene rings is 2. The van der Waals surface area contributed by atoms with Gasteiger partial charge >= 0.3 is 0 Å². The van der Waals surface area contributed by atoms with Crippen molar-refractivity contribution in [3.05, 3.63) is 35.9 Å². The van der Waals surface area contributed by atoms with Gasteiger partial charge in [-0.1, -0.05) is 18.2 Å². The number of para-hydroxylation sites is 1. The van der Waals surface area contributed by atoms with Crippen LogP contribution in [0, 0.1) is 0 Å². The van der Waals surface area contributed by atoms with Gasteiger partial charge in [-0.15, -0.1) is 5.10 Å². The van der Waals surface area contributed by atoms with Crippen molar-refractivity contribution < 1.29 is 8.42 Å². The van der Waals surface area contributed by atoms with Crippen LogP contribution in [0.4, 0.5) is 5.95 Å². The highest BCUT2D eigenvalue weighted by Crippen LogP contribution is 2.35. The molecule has 1 aliphatic rings. The lowest BCUT2D eigenvalue weighted by atomic mass is 9.97. The number of amidine groups is 1. The maximum atomic E-state index is 12.3. The van der Waals surface area contributed by atoms with E-state index in [0.717, 1.165) is 5.52 Å². The molecule has 14 heteroatoms. The molecule has 1 saturated heterocycles. The van der Waals surface area contributed by atoms with Gasteiger partial charge in [0.2, 0.25) is 5.95 Å². The second-order valence-corrected chi connectivity index (χ2v) is 9.23. The number of hydrogen-bond acceptors (Lipinski definition) is 8. The fraction of sp³-hybridized carbons (Fsp3) is 0.263. The lowest BCUT2D eigenvalue weighted by Gasteiger charge is -2.16. The Morgan fingerprint density at radius 3 is 2.36 bits per heavy atom. The minimum atomic E-state index is -2.07. The summed E-state index contributed by atoms with van der Waals surface area (Å²) in [6.45, 7) is 2.50. The molecule has 2 aromatic carbocycles. The van der Waals surface area contributed by atoms with Gasteiger partial charge in [0.1, 0.15) is 22.0 Å². The number of nitrogen functional groups attached to an aromatic ring is 1. The number of nitrogens with two attached hydrogens (primary N) is 5. The molecular weight excluding hydrogens is 464 g/mol. The van der Waals surface area contributed by atoms with Gasteiger partial charge < -0.3 is 21.4 Å². The van der Waals surface area contributed by atoms with Gasteiger partial charge in [0.25, 0.3) is 0 Å². The third-order valence-electron chi connectivity index (χ3n) is 5.17. The molecule has 178 valence electrons. The van der Waals surface area contributed by atoms with Crippen molar-refractivity contribution in [2.45, 2.75) is 22.6 Å². The number of imidazole rings is 1. The summed E-state index contributed by atoms with van der Waals surface area (Å²) in [5.74, 6) is 5.46. The molecule has 1 fully saturated rings. The summed E-state index contributed by atoms with van der Waals surface area (Å²) < 4.78 is 26.0. The average Bonchev–Trinajstić information content (AvgIpc) is 3.45. The van der Waals surface area contributed by atoms with Crippen LogP contribution in [0.15, 0.2) is 45.2 Å². The summed E-state index contributed by atoms with van der Waals surface area (Å²) in [6.07, 6.45) is 2.78. The maximum absolute atomic E-state index is 12.3. The first-order valence-corrected chi connectivity index (χ1v) is 12.4. The van der Waals surface area contributed by atoms with E-state index in [4.69, 9.17) is 27.6 Å². The van der Waals surface area contributed by atoms with Crippen LogP contribution in [0.2, 0.25) is 0 Å². The lowest BCUT2D eigenvalue weighted by molar-refractivity contribution is 0.675. The zero-order valence-electron chi connectivity index (χ0n) is 18.1. The lowest BCUT2D eigenvalue weighted by Crippen LogP contribution is -2.26. The molecule has 2 heterocycles. The predicted octanol–water partition coefficient (Wildman–Crippen LogP) is -0.761. The molecule has 2 atom stereocenters. The van der Waals surface area contributed by atoms with Crippen LogP contribution in [0.25, 0.3) is 22.2 Å². The Kier molecular flexibility index (Phi) is 8.12. The fourth-order valence-corrected chi connectivity index (χ4v) is 5.26. The third-order valence-corrected chi connectivity index (χ3v) is 6.90. The van der Waals surface area contributed by atoms with Crippen LogP contribution in [0.5, 0.6) is 0 Å². The molecule has 1 aliphatic heterocycles. The second-order valence-electron chi connectivity index (χ2n) is 7.20. The van der Waals surface area contributed by atoms with Gasteiger partial charge in [-0.25, -0.2) is 35.1 Å². The molecule has 3 aromatic rings. The highest BCUT2D eigenvalue weighted by Gasteiger charge is 2.24. The zero-order valence-corrected chi connectivity index (χ0v) is 19.7. The topological polar surface area (TPSA) is 218 Å². The summed E-state index contributed by atoms with van der Waals surface area (Å²) >= 11 is 0. The first kappa shape index (κ1) is 24.8. The summed E-state index contributed by atoms with van der Waals surface area (Å²) in [5, 5.41) is 18.2. The molecule has 12 nitrogen and oxygen atoms in total. The standard InChI is InChI=1S/C15H19N9O2S2.C4H9N/c1-24-9-4-2-3-8(12(9)21-15(24)17)7-5-6-10(27(19)25)13(28(20)26)11(7)14(16)22-23-18;1-2-4-5-3-1/h2-6,23H,18-20H2,1H3,(H2,16,22)(H2,17,21);5H,1-4H2. The van der Waals surface area contributed by atoms with Gasteiger partial charge in [-0.3, -0.25) is 0 Å². The van der Waals surface area contributed by atoms with Gasteiger partial charge in [0.05, 0.1) is 20.8 Å². The van der Waals surface area contributed by atoms with Crippen LogP contribution < -0.4 is 38.4 Å². The number of aryl methyl sites for hydroxylation is 1. The molecule has 33 heavy (non-hydrogen) atoms. The van der Waals surface area contributed by atoms with E-state index in [1.807, 2.05) is 12.1 Å². The van der Waals surface area contributed by atoms with Crippen molar-refractivity contribution in [2.75, 3.05) is 18.8 Å². The van der Waals surface area contributed by atoms with Crippen molar-refractivity contribution in [3.8, 4) is 11.1 Å². The Bertz CT molecular complexity index is 1230. The number of hydrazine groups is 1. The summed E-state index contributed by atoms with van der Waals surface area (Å²) in [5.41, 5.74) is 16.8. The Balaban J connectivity index is 0.000000541. The number of anilines is 1. The molecule has 0 spiro atoms. The quantitative estimate of drug-likeness (QED) is 0.104. The van der Waals surface area contributed by atoms with E-state index in [2.05, 4.69) is 20.9 Å². The van der Waals surface area contributed by atoms with E-state index in [0.29, 0.717) is 22.6 Å². The van der Waals surface area contributed by atoms with Crippen molar-refractivity contribution in [2.24, 2.45) is 34.0 Å². The molecule has 1 aromatic heterocycles. The van der Waals surface area contributed by atoms with Gasteiger partial charge in [0.15, 0.2) is 5.84 Å². The highest BCUT2D eigenvalue weighted by molar-refractivity contribution is 7.86. The first-order valence-electron chi connectivity index (χ1n) is 9.98. The zero-order chi connectivity index (χ0) is 24.1. The summed E-state index contributed by atoms with van der Waals surface area (Å²) in [7, 11) is -2.24. The number of aromatic nitrogens is 2. The van der Waals surface area contributed by atoms with Crippen LogP contribution in [-0.4, -0.2) is 36.9 Å². The largest absolute Gasteiger partial charge is 0.382 e. The van der Waals surface area contributed by atoms with E-state index in [9.17, 15) is 8.42 Å². The number of fused-ring (bicyclic) bond motifs is 1. The number of hydrogen-bond donors (Lipinski definition) is 7. The van der Waals surface area contributed by atoms with Crippen LogP contribution >= 0.6 is 0 Å². The third kappa shape index (κ3) is 5.21. The normalized spacial score (nSPS) is 15.7. The van der Waals surface area contributed by atoms with E-state index < -0.39 is 22.0 Å². The number of nitrogens with one attached hydrogen (secondary N) is 2. The number of hydrazone groups is 1. The highest BCUT2D eigenvalue weighted by atomic mass is 32.2. The Hall–Kier alpha value is -2.88. The van der Waals surface area contributed by atoms with E-state index in [-0.39, 0.29) is 21.2 Å². The monoisotopic (exact) mass is 492 g/mol. The van der Waals surface area contributed by atoms with E-state index in [1.165, 1.54) is 32.0 Å². The van der Waals surface area contributed by atoms with Crippen LogP contribution in [0.1, 0.15) is 18.4 Å². The first-order chi connectivity index (χ1) is 15.8. The Labute approximate surface area is 196 Å². The molecule has 0 amide bonds. The molecule has 12 N–H and O–H groups in total. The van der Waals surface area contributed by atoms with Crippen LogP contribution in [-0.2, 0) is 29.0 Å². The smallest absolute Gasteiger partial charge is 0.200 e. The summed E-state index contributed by atoms with van der Waals surface area (Å²) in [4.78, 5) is 4.46. The summed E-state index contributed by atoms with van der Waals surface area (Å²) in [6, 6.07) is 8.56. The average molecular weight is 493 g/mol. The van der Waals surface area contributed by atoms with E-state index >= 15 is 0 Å². The molecular formula is C19H28N10O2S2. The van der Waals surface area contributed by atoms with Crippen molar-refractivity contribution in [1.82, 2.24) is 20.4 Å². The SMILES string of the molecule is C1CCNC1.Cn1c(N)nc2c(-c3ccc(S(N)=O)c(S(N)=O)c3/C(N)=N/NN)cccc21.